The lowest BCUT2D eigenvalue weighted by Gasteiger charge is -2.29. The van der Waals surface area contributed by atoms with Crippen molar-refractivity contribution in [3.63, 3.8) is 0 Å². The first kappa shape index (κ1) is 11.5. The van der Waals surface area contributed by atoms with Crippen LogP contribution in [-0.4, -0.2) is 13.6 Å². The predicted molar refractivity (Wildman–Crippen MR) is 71.2 cm³/mol. The van der Waals surface area contributed by atoms with Gasteiger partial charge >= 0.3 is 0 Å². The second kappa shape index (κ2) is 4.48. The Kier molecular flexibility index (Phi) is 3.22. The lowest BCUT2D eigenvalue weighted by molar-refractivity contribution is 0.381. The van der Waals surface area contributed by atoms with Crippen molar-refractivity contribution < 1.29 is 0 Å². The SMILES string of the molecule is CCCC1(CCC)CN(C)c2ccccc21. The van der Waals surface area contributed by atoms with Gasteiger partial charge in [-0.1, -0.05) is 44.9 Å². The maximum atomic E-state index is 2.43. The van der Waals surface area contributed by atoms with Gasteiger partial charge in [-0.2, -0.15) is 0 Å². The standard InChI is InChI=1S/C15H23N/c1-4-10-15(11-5-2)12-16(3)14-9-7-6-8-13(14)15/h6-9H,4-5,10-12H2,1-3H3. The summed E-state index contributed by atoms with van der Waals surface area (Å²) in [4.78, 5) is 2.43. The van der Waals surface area contributed by atoms with Crippen LogP contribution in [0.1, 0.15) is 45.1 Å². The molecule has 0 aromatic heterocycles. The molecule has 0 fully saturated rings. The minimum atomic E-state index is 0.425. The van der Waals surface area contributed by atoms with Crippen molar-refractivity contribution in [2.75, 3.05) is 18.5 Å². The molecule has 0 amide bonds. The number of likely N-dealkylation sites (N-methyl/N-ethyl adjacent to an activating group) is 1. The average Bonchev–Trinajstić information content (AvgIpc) is 2.55. The maximum absolute atomic E-state index is 2.43. The third-order valence-corrected chi connectivity index (χ3v) is 3.88. The fraction of sp³-hybridized carbons (Fsp3) is 0.600. The Hall–Kier alpha value is -0.980. The van der Waals surface area contributed by atoms with E-state index in [2.05, 4.69) is 50.1 Å². The highest BCUT2D eigenvalue weighted by molar-refractivity contribution is 5.62. The first-order valence-corrected chi connectivity index (χ1v) is 6.54. The van der Waals surface area contributed by atoms with E-state index in [-0.39, 0.29) is 0 Å². The van der Waals surface area contributed by atoms with E-state index >= 15 is 0 Å². The maximum Gasteiger partial charge on any atom is 0.0402 e. The molecule has 16 heavy (non-hydrogen) atoms. The number of nitrogens with zero attached hydrogens (tertiary/aromatic N) is 1. The molecule has 0 radical (unpaired) electrons. The van der Waals surface area contributed by atoms with E-state index in [4.69, 9.17) is 0 Å². The number of benzene rings is 1. The van der Waals surface area contributed by atoms with Crippen LogP contribution in [0, 0.1) is 0 Å². The summed E-state index contributed by atoms with van der Waals surface area (Å²) < 4.78 is 0. The first-order valence-electron chi connectivity index (χ1n) is 6.54. The van der Waals surface area contributed by atoms with Crippen LogP contribution < -0.4 is 4.90 Å². The summed E-state index contributed by atoms with van der Waals surface area (Å²) in [6, 6.07) is 8.95. The number of hydrogen-bond donors (Lipinski definition) is 0. The third-order valence-electron chi connectivity index (χ3n) is 3.88. The van der Waals surface area contributed by atoms with Crippen molar-refractivity contribution in [2.24, 2.45) is 0 Å². The fourth-order valence-electron chi connectivity index (χ4n) is 3.39. The molecule has 1 aromatic carbocycles. The summed E-state index contributed by atoms with van der Waals surface area (Å²) in [6.07, 6.45) is 5.20. The summed E-state index contributed by atoms with van der Waals surface area (Å²) in [5, 5.41) is 0. The summed E-state index contributed by atoms with van der Waals surface area (Å²) >= 11 is 0. The molecule has 1 nitrogen and oxygen atoms in total. The molecule has 88 valence electrons. The molecule has 0 saturated heterocycles. The van der Waals surface area contributed by atoms with Gasteiger partial charge in [-0.15, -0.1) is 0 Å². The zero-order valence-corrected chi connectivity index (χ0v) is 10.8. The summed E-state index contributed by atoms with van der Waals surface area (Å²) in [5.74, 6) is 0. The van der Waals surface area contributed by atoms with Gasteiger partial charge in [0.1, 0.15) is 0 Å². The Labute approximate surface area is 99.5 Å². The lowest BCUT2D eigenvalue weighted by Crippen LogP contribution is -2.31. The van der Waals surface area contributed by atoms with E-state index in [1.807, 2.05) is 0 Å². The highest BCUT2D eigenvalue weighted by Gasteiger charge is 2.39. The number of hydrogen-bond acceptors (Lipinski definition) is 1. The molecule has 1 aromatic rings. The molecule has 0 N–H and O–H groups in total. The van der Waals surface area contributed by atoms with Crippen LogP contribution in [0.4, 0.5) is 5.69 Å². The molecular weight excluding hydrogens is 194 g/mol. The molecule has 0 unspecified atom stereocenters. The van der Waals surface area contributed by atoms with Crippen molar-refractivity contribution in [2.45, 2.75) is 44.9 Å². The Morgan fingerprint density at radius 2 is 1.75 bits per heavy atom. The van der Waals surface area contributed by atoms with Gasteiger partial charge in [-0.25, -0.2) is 0 Å². The van der Waals surface area contributed by atoms with Crippen LogP contribution in [0.15, 0.2) is 24.3 Å². The van der Waals surface area contributed by atoms with E-state index < -0.39 is 0 Å². The average molecular weight is 217 g/mol. The molecule has 0 spiro atoms. The molecule has 0 atom stereocenters. The van der Waals surface area contributed by atoms with Crippen LogP contribution in [-0.2, 0) is 5.41 Å². The highest BCUT2D eigenvalue weighted by Crippen LogP contribution is 2.45. The smallest absolute Gasteiger partial charge is 0.0402 e. The first-order chi connectivity index (χ1) is 7.73. The van der Waals surface area contributed by atoms with Gasteiger partial charge in [0.25, 0.3) is 0 Å². The van der Waals surface area contributed by atoms with Crippen molar-refractivity contribution in [1.82, 2.24) is 0 Å². The van der Waals surface area contributed by atoms with E-state index in [9.17, 15) is 0 Å². The third kappa shape index (κ3) is 1.73. The lowest BCUT2D eigenvalue weighted by atomic mass is 9.75. The van der Waals surface area contributed by atoms with Gasteiger partial charge in [0.05, 0.1) is 0 Å². The normalized spacial score (nSPS) is 17.6. The molecule has 2 rings (SSSR count). The quantitative estimate of drug-likeness (QED) is 0.737. The predicted octanol–water partition coefficient (Wildman–Crippen LogP) is 3.97. The molecule has 0 saturated carbocycles. The van der Waals surface area contributed by atoms with Crippen molar-refractivity contribution in [3.8, 4) is 0 Å². The van der Waals surface area contributed by atoms with Gasteiger partial charge in [0.2, 0.25) is 0 Å². The second-order valence-corrected chi connectivity index (χ2v) is 5.15. The zero-order chi connectivity index (χ0) is 11.6. The highest BCUT2D eigenvalue weighted by atomic mass is 15.1. The van der Waals surface area contributed by atoms with Crippen molar-refractivity contribution in [1.29, 1.82) is 0 Å². The van der Waals surface area contributed by atoms with Crippen LogP contribution in [0.2, 0.25) is 0 Å². The van der Waals surface area contributed by atoms with Crippen molar-refractivity contribution >= 4 is 5.69 Å². The van der Waals surface area contributed by atoms with E-state index in [0.717, 1.165) is 0 Å². The molecule has 1 heteroatoms. The van der Waals surface area contributed by atoms with Gasteiger partial charge in [-0.3, -0.25) is 0 Å². The Balaban J connectivity index is 2.41. The molecule has 0 bridgehead atoms. The van der Waals surface area contributed by atoms with Crippen LogP contribution in [0.3, 0.4) is 0 Å². The number of anilines is 1. The second-order valence-electron chi connectivity index (χ2n) is 5.15. The Bertz CT molecular complexity index is 350. The molecule has 1 aliphatic heterocycles. The minimum Gasteiger partial charge on any atom is -0.373 e. The molecular formula is C15H23N. The van der Waals surface area contributed by atoms with Crippen LogP contribution >= 0.6 is 0 Å². The molecule has 1 aliphatic rings. The molecule has 1 heterocycles. The van der Waals surface area contributed by atoms with Gasteiger partial charge in [0, 0.05) is 24.7 Å². The van der Waals surface area contributed by atoms with Crippen LogP contribution in [0.5, 0.6) is 0 Å². The number of fused-ring (bicyclic) bond motifs is 1. The van der Waals surface area contributed by atoms with E-state index in [0.29, 0.717) is 5.41 Å². The van der Waals surface area contributed by atoms with E-state index in [1.54, 1.807) is 5.56 Å². The van der Waals surface area contributed by atoms with Crippen molar-refractivity contribution in [3.05, 3.63) is 29.8 Å². The summed E-state index contributed by atoms with van der Waals surface area (Å²) in [5.41, 5.74) is 3.46. The van der Waals surface area contributed by atoms with Gasteiger partial charge < -0.3 is 4.90 Å². The summed E-state index contributed by atoms with van der Waals surface area (Å²) in [7, 11) is 2.23. The molecule has 0 aliphatic carbocycles. The number of para-hydroxylation sites is 1. The van der Waals surface area contributed by atoms with Gasteiger partial charge in [-0.05, 0) is 24.5 Å². The number of rotatable bonds is 4. The Morgan fingerprint density at radius 1 is 1.12 bits per heavy atom. The fourth-order valence-corrected chi connectivity index (χ4v) is 3.39. The zero-order valence-electron chi connectivity index (χ0n) is 10.8. The van der Waals surface area contributed by atoms with E-state index in [1.165, 1.54) is 37.9 Å². The van der Waals surface area contributed by atoms with Crippen LogP contribution in [0.25, 0.3) is 0 Å². The Morgan fingerprint density at radius 3 is 2.38 bits per heavy atom. The monoisotopic (exact) mass is 217 g/mol. The summed E-state index contributed by atoms with van der Waals surface area (Å²) in [6.45, 7) is 5.81. The van der Waals surface area contributed by atoms with Gasteiger partial charge in [0.15, 0.2) is 0 Å². The minimum absolute atomic E-state index is 0.425. The topological polar surface area (TPSA) is 3.24 Å². The largest absolute Gasteiger partial charge is 0.373 e.